The number of esters is 2. The summed E-state index contributed by atoms with van der Waals surface area (Å²) >= 11 is 0. The van der Waals surface area contributed by atoms with E-state index in [0.29, 0.717) is 105 Å². The summed E-state index contributed by atoms with van der Waals surface area (Å²) in [7, 11) is 4.70. The summed E-state index contributed by atoms with van der Waals surface area (Å²) in [6.07, 6.45) is 22.7. The van der Waals surface area contributed by atoms with Gasteiger partial charge < -0.3 is 69.5 Å². The van der Waals surface area contributed by atoms with Crippen LogP contribution in [-0.4, -0.2) is 122 Å². The maximum atomic E-state index is 13.0. The molecule has 0 bridgehead atoms. The van der Waals surface area contributed by atoms with E-state index in [1.54, 1.807) is 208 Å². The fourth-order valence-corrected chi connectivity index (χ4v) is 13.5. The highest BCUT2D eigenvalue weighted by atomic mass is 16.5. The van der Waals surface area contributed by atoms with Crippen LogP contribution in [0.25, 0.3) is 0 Å². The summed E-state index contributed by atoms with van der Waals surface area (Å²) in [6.45, 7) is 14.2. The van der Waals surface area contributed by atoms with Gasteiger partial charge in [-0.05, 0) is 250 Å². The van der Waals surface area contributed by atoms with Gasteiger partial charge >= 0.3 is 23.9 Å². The zero-order chi connectivity index (χ0) is 88.3. The lowest BCUT2D eigenvalue weighted by Crippen LogP contribution is -2.43. The number of carboxylic acids is 2. The van der Waals surface area contributed by atoms with Gasteiger partial charge in [-0.25, -0.2) is 19.2 Å². The SMILES string of the molecule is C=C(Nc1ccc(C(=O)N[C@@H](Cc2ccc(NC(=O)c3ccc(OCCCCCCC)cc3)cc2)C(=O)O)cc1)C1CCCC1.CCCCCCCOc1ccc(C(=O)Oc2ccc(C(NC(=O)c3ccc(OC)cc3)C(=O)O)cc2)cc1.CCCCCCCOc1ccc(C(=O)Oc2ccc(C[C@@H](C(C)=O)N(C)C(=O)c3ccc(OC)cc3)cc2)cc1. The predicted molar refractivity (Wildman–Crippen MR) is 477 cm³/mol. The zero-order valence-corrected chi connectivity index (χ0v) is 71.6. The molecule has 1 aliphatic carbocycles. The molecule has 6 N–H and O–H groups in total. The van der Waals surface area contributed by atoms with Crippen molar-refractivity contribution in [3.63, 3.8) is 0 Å². The number of anilines is 2. The van der Waals surface area contributed by atoms with E-state index < -0.39 is 53.8 Å². The number of benzene rings is 9. The second kappa shape index (κ2) is 51.5. The summed E-state index contributed by atoms with van der Waals surface area (Å²) in [4.78, 5) is 114. The highest BCUT2D eigenvalue weighted by Crippen LogP contribution is 2.32. The minimum atomic E-state index is -1.28. The normalized spacial score (nSPS) is 12.2. The molecule has 0 aliphatic heterocycles. The molecule has 0 aromatic heterocycles. The quantitative estimate of drug-likeness (QED) is 0.0117. The van der Waals surface area contributed by atoms with Crippen molar-refractivity contribution in [2.75, 3.05) is 51.7 Å². The number of carboxylic acid groups (broad SMARTS) is 2. The molecule has 23 heteroatoms. The van der Waals surface area contributed by atoms with E-state index in [1.165, 1.54) is 114 Å². The molecular formula is C100H117N5O18. The Morgan fingerprint density at radius 2 is 0.748 bits per heavy atom. The fraction of sp³-hybridized carbons (Fsp3) is 0.350. The van der Waals surface area contributed by atoms with Crippen LogP contribution in [0.5, 0.6) is 40.2 Å². The minimum Gasteiger partial charge on any atom is -0.497 e. The Morgan fingerprint density at radius 1 is 0.398 bits per heavy atom. The molecule has 9 aromatic rings. The Hall–Kier alpha value is -13.1. The Balaban J connectivity index is 0.000000230. The number of rotatable bonds is 46. The molecule has 0 spiro atoms. The van der Waals surface area contributed by atoms with Gasteiger partial charge in [-0.3, -0.25) is 24.0 Å². The summed E-state index contributed by atoms with van der Waals surface area (Å²) in [5.74, 6) is -0.499. The van der Waals surface area contributed by atoms with Gasteiger partial charge in [0.25, 0.3) is 23.6 Å². The molecule has 3 atom stereocenters. The monoisotopic (exact) mass is 1680 g/mol. The van der Waals surface area contributed by atoms with Crippen molar-refractivity contribution >= 4 is 64.7 Å². The smallest absolute Gasteiger partial charge is 0.343 e. The van der Waals surface area contributed by atoms with Crippen molar-refractivity contribution in [3.8, 4) is 40.2 Å². The highest BCUT2D eigenvalue weighted by Gasteiger charge is 2.28. The van der Waals surface area contributed by atoms with Crippen LogP contribution in [0, 0.1) is 5.92 Å². The van der Waals surface area contributed by atoms with Crippen molar-refractivity contribution in [2.24, 2.45) is 5.92 Å². The van der Waals surface area contributed by atoms with Gasteiger partial charge in [-0.1, -0.05) is 154 Å². The van der Waals surface area contributed by atoms with Crippen molar-refractivity contribution in [3.05, 3.63) is 281 Å². The fourth-order valence-electron chi connectivity index (χ4n) is 13.5. The molecule has 650 valence electrons. The molecule has 10 rings (SSSR count). The third-order valence-electron chi connectivity index (χ3n) is 20.9. The molecule has 4 amide bonds. The molecule has 23 nitrogen and oxygen atoms in total. The van der Waals surface area contributed by atoms with Gasteiger partial charge in [-0.15, -0.1) is 0 Å². The second-order valence-corrected chi connectivity index (χ2v) is 30.2. The van der Waals surface area contributed by atoms with Crippen LogP contribution in [0.4, 0.5) is 11.4 Å². The Bertz CT molecular complexity index is 4810. The number of allylic oxidation sites excluding steroid dienone is 1. The molecule has 1 fully saturated rings. The molecule has 1 unspecified atom stereocenters. The van der Waals surface area contributed by atoms with E-state index in [0.717, 1.165) is 79.8 Å². The number of carbonyl (C=O) groups is 9. The first-order valence-corrected chi connectivity index (χ1v) is 42.5. The summed E-state index contributed by atoms with van der Waals surface area (Å²) in [6, 6.07) is 57.6. The Labute approximate surface area is 722 Å². The number of nitrogens with one attached hydrogen (secondary N) is 4. The number of nitrogens with zero attached hydrogens (tertiary/aromatic N) is 1. The van der Waals surface area contributed by atoms with E-state index in [-0.39, 0.29) is 29.8 Å². The first kappa shape index (κ1) is 95.4. The van der Waals surface area contributed by atoms with Crippen molar-refractivity contribution in [1.29, 1.82) is 0 Å². The van der Waals surface area contributed by atoms with Crippen LogP contribution in [0.3, 0.4) is 0 Å². The number of ether oxygens (including phenoxy) is 7. The van der Waals surface area contributed by atoms with Gasteiger partial charge in [0.15, 0.2) is 11.8 Å². The standard InChI is InChI=1S/C37H45N3O5.C33H39NO6.C30H33NO7/c1-3-4-5-6-9-24-45-33-22-16-30(17-23-33)35(41)39-32-18-12-27(13-19-32)25-34(37(43)44)40-36(42)29-14-20-31(21-15-29)38-26(2)28-10-7-8-11-28;1-5-6-7-8-9-22-39-29-20-14-27(15-21-29)33(37)40-30-16-10-25(11-17-30)23-31(24(2)35)34(3)32(36)26-12-18-28(38-4)19-13-26;1-3-4-5-6-7-20-37-25-16-12-23(13-17-25)30(35)38-26-18-8-21(9-19-26)27(29(33)34)31-28(32)22-10-14-24(36-2)15-11-22/h12-23,28,34,38H,2-11,24-25H2,1H3,(H,39,41)(H,40,42)(H,43,44);10-21,31H,5-9,22-23H2,1-4H3;8-19,27H,3-7,20H2,1-2H3,(H,31,32)(H,33,34)/t34-;31-;/m00./s1. The molecular weight excluding hydrogens is 1560 g/mol. The van der Waals surface area contributed by atoms with Gasteiger partial charge in [0, 0.05) is 52.8 Å². The van der Waals surface area contributed by atoms with Crippen molar-refractivity contribution in [1.82, 2.24) is 15.5 Å². The Morgan fingerprint density at radius 3 is 1.16 bits per heavy atom. The van der Waals surface area contributed by atoms with Gasteiger partial charge in [-0.2, -0.15) is 0 Å². The number of Topliss-reactive ketones (excluding diaryl/α,β-unsaturated/α-hetero) is 1. The molecule has 0 heterocycles. The number of likely N-dealkylation sites (N-methyl/N-ethyl adjacent to an activating group) is 1. The number of ketones is 1. The van der Waals surface area contributed by atoms with E-state index >= 15 is 0 Å². The van der Waals surface area contributed by atoms with Gasteiger partial charge in [0.1, 0.15) is 46.3 Å². The maximum absolute atomic E-state index is 13.0. The van der Waals surface area contributed by atoms with E-state index in [1.807, 2.05) is 0 Å². The third kappa shape index (κ3) is 32.5. The van der Waals surface area contributed by atoms with Gasteiger partial charge in [0.2, 0.25) is 0 Å². The van der Waals surface area contributed by atoms with Crippen LogP contribution in [0.2, 0.25) is 0 Å². The first-order valence-electron chi connectivity index (χ1n) is 42.5. The van der Waals surface area contributed by atoms with E-state index in [4.69, 9.17) is 33.2 Å². The number of aliphatic carboxylic acids is 2. The van der Waals surface area contributed by atoms with Crippen molar-refractivity contribution < 1.29 is 86.5 Å². The van der Waals surface area contributed by atoms with Crippen molar-refractivity contribution in [2.45, 2.75) is 181 Å². The average molecular weight is 1680 g/mol. The highest BCUT2D eigenvalue weighted by molar-refractivity contribution is 6.04. The molecule has 0 radical (unpaired) electrons. The topological polar surface area (TPSA) is 310 Å². The number of carbonyl (C=O) groups excluding carboxylic acids is 7. The maximum Gasteiger partial charge on any atom is 0.343 e. The van der Waals surface area contributed by atoms with Crippen LogP contribution >= 0.6 is 0 Å². The number of unbranched alkanes of at least 4 members (excludes halogenated alkanes) is 12. The average Bonchev–Trinajstić information content (AvgIpc) is 1.45. The van der Waals surface area contributed by atoms with E-state index in [2.05, 4.69) is 48.6 Å². The largest absolute Gasteiger partial charge is 0.497 e. The van der Waals surface area contributed by atoms with Crippen LogP contribution < -0.4 is 54.4 Å². The summed E-state index contributed by atoms with van der Waals surface area (Å²) < 4.78 is 38.4. The lowest BCUT2D eigenvalue weighted by atomic mass is 10.0. The second-order valence-electron chi connectivity index (χ2n) is 30.2. The third-order valence-corrected chi connectivity index (χ3v) is 20.9. The van der Waals surface area contributed by atoms with Crippen LogP contribution in [0.1, 0.15) is 235 Å². The molecule has 123 heavy (non-hydrogen) atoms. The summed E-state index contributed by atoms with van der Waals surface area (Å²) in [5.41, 5.74) is 6.73. The summed E-state index contributed by atoms with van der Waals surface area (Å²) in [5, 5.41) is 30.8. The van der Waals surface area contributed by atoms with Gasteiger partial charge in [0.05, 0.1) is 51.2 Å². The number of hydrogen-bond donors (Lipinski definition) is 6. The molecule has 1 saturated carbocycles. The number of amides is 4. The van der Waals surface area contributed by atoms with E-state index in [9.17, 15) is 53.4 Å². The molecule has 9 aromatic carbocycles. The lowest BCUT2D eigenvalue weighted by Gasteiger charge is -2.26. The predicted octanol–water partition coefficient (Wildman–Crippen LogP) is 20.2. The minimum absolute atomic E-state index is 0.0935. The van der Waals surface area contributed by atoms with Crippen LogP contribution in [-0.2, 0) is 27.2 Å². The van der Waals surface area contributed by atoms with Crippen LogP contribution in [0.15, 0.2) is 231 Å². The molecule has 0 saturated heterocycles. The molecule has 1 aliphatic rings. The zero-order valence-electron chi connectivity index (χ0n) is 71.6. The number of hydrogen-bond acceptors (Lipinski definition) is 17. The number of methoxy groups -OCH3 is 2. The lowest BCUT2D eigenvalue weighted by molar-refractivity contribution is -0.140. The Kier molecular flexibility index (Phi) is 40.0. The first-order chi connectivity index (χ1) is 59.5.